The lowest BCUT2D eigenvalue weighted by Crippen LogP contribution is -2.29. The van der Waals surface area contributed by atoms with Crippen molar-refractivity contribution < 1.29 is 8.78 Å². The van der Waals surface area contributed by atoms with Gasteiger partial charge in [-0.3, -0.25) is 4.90 Å². The van der Waals surface area contributed by atoms with E-state index in [4.69, 9.17) is 0 Å². The van der Waals surface area contributed by atoms with E-state index < -0.39 is 0 Å². The summed E-state index contributed by atoms with van der Waals surface area (Å²) < 4.78 is 26.8. The molecule has 0 atom stereocenters. The van der Waals surface area contributed by atoms with Gasteiger partial charge < -0.3 is 0 Å². The van der Waals surface area contributed by atoms with E-state index in [1.54, 1.807) is 0 Å². The lowest BCUT2D eigenvalue weighted by Gasteiger charge is -2.27. The Hall–Kier alpha value is -2.43. The molecule has 1 heterocycles. The molecule has 0 bridgehead atoms. The number of benzene rings is 3. The van der Waals surface area contributed by atoms with Gasteiger partial charge in [0.25, 0.3) is 0 Å². The van der Waals surface area contributed by atoms with Crippen molar-refractivity contribution in [2.24, 2.45) is 0 Å². The second-order valence-electron chi connectivity index (χ2n) is 7.93. The van der Waals surface area contributed by atoms with Gasteiger partial charge in [-0.25, -0.2) is 8.78 Å². The van der Waals surface area contributed by atoms with Crippen LogP contribution in [0.5, 0.6) is 0 Å². The number of thioether (sulfide) groups is 1. The normalized spacial score (nSPS) is 14.6. The highest BCUT2D eigenvalue weighted by Crippen LogP contribution is 2.32. The Labute approximate surface area is 187 Å². The van der Waals surface area contributed by atoms with E-state index in [1.165, 1.54) is 34.1 Å². The first-order valence-electron chi connectivity index (χ1n) is 10.8. The van der Waals surface area contributed by atoms with E-state index in [2.05, 4.69) is 35.2 Å². The third kappa shape index (κ3) is 6.28. The molecule has 4 rings (SSSR count). The van der Waals surface area contributed by atoms with E-state index >= 15 is 0 Å². The van der Waals surface area contributed by atoms with Gasteiger partial charge >= 0.3 is 0 Å². The minimum atomic E-state index is -0.231. The quantitative estimate of drug-likeness (QED) is 0.366. The maximum atomic E-state index is 13.4. The molecule has 4 heteroatoms. The van der Waals surface area contributed by atoms with Crippen LogP contribution in [0.2, 0.25) is 0 Å². The van der Waals surface area contributed by atoms with E-state index in [-0.39, 0.29) is 17.6 Å². The second kappa shape index (κ2) is 10.7. The number of nitrogens with zero attached hydrogens (tertiary/aromatic N) is 1. The molecule has 0 spiro atoms. The summed E-state index contributed by atoms with van der Waals surface area (Å²) >= 11 is 1.87. The average Bonchev–Trinajstić information content (AvgIpc) is 2.80. The van der Waals surface area contributed by atoms with Crippen molar-refractivity contribution in [3.05, 3.63) is 113 Å². The SMILES string of the molecule is Fc1ccc(C(CCCN2CC=C(Sc3ccccc3)CC2)c2ccc(F)cc2)cc1. The van der Waals surface area contributed by atoms with Crippen molar-refractivity contribution in [2.75, 3.05) is 19.6 Å². The summed E-state index contributed by atoms with van der Waals surface area (Å²) in [4.78, 5) is 5.23. The zero-order valence-electron chi connectivity index (χ0n) is 17.5. The molecule has 3 aromatic rings. The minimum absolute atomic E-state index is 0.144. The van der Waals surface area contributed by atoms with Crippen LogP contribution in [-0.2, 0) is 0 Å². The van der Waals surface area contributed by atoms with Gasteiger partial charge in [-0.15, -0.1) is 0 Å². The molecule has 3 aromatic carbocycles. The van der Waals surface area contributed by atoms with Crippen LogP contribution in [-0.4, -0.2) is 24.5 Å². The fourth-order valence-corrected chi connectivity index (χ4v) is 5.01. The molecule has 0 radical (unpaired) electrons. The number of rotatable bonds is 8. The molecule has 0 fully saturated rings. The van der Waals surface area contributed by atoms with Gasteiger partial charge in [-0.2, -0.15) is 0 Å². The Balaban J connectivity index is 1.34. The predicted molar refractivity (Wildman–Crippen MR) is 125 cm³/mol. The van der Waals surface area contributed by atoms with Crippen LogP contribution in [0.3, 0.4) is 0 Å². The average molecular weight is 436 g/mol. The molecule has 0 saturated carbocycles. The smallest absolute Gasteiger partial charge is 0.123 e. The topological polar surface area (TPSA) is 3.24 Å². The van der Waals surface area contributed by atoms with E-state index in [0.717, 1.165) is 50.0 Å². The van der Waals surface area contributed by atoms with Crippen LogP contribution in [0.15, 0.2) is 94.7 Å². The van der Waals surface area contributed by atoms with Gasteiger partial charge in [0.05, 0.1) is 0 Å². The van der Waals surface area contributed by atoms with Crippen molar-refractivity contribution in [3.8, 4) is 0 Å². The maximum Gasteiger partial charge on any atom is 0.123 e. The summed E-state index contributed by atoms with van der Waals surface area (Å²) in [5, 5.41) is 0. The van der Waals surface area contributed by atoms with Crippen molar-refractivity contribution in [1.82, 2.24) is 4.90 Å². The molecule has 1 nitrogen and oxygen atoms in total. The van der Waals surface area contributed by atoms with Crippen molar-refractivity contribution in [2.45, 2.75) is 30.1 Å². The van der Waals surface area contributed by atoms with E-state index in [9.17, 15) is 8.78 Å². The molecular weight excluding hydrogens is 408 g/mol. The lowest BCUT2D eigenvalue weighted by atomic mass is 9.87. The molecule has 31 heavy (non-hydrogen) atoms. The summed E-state index contributed by atoms with van der Waals surface area (Å²) in [6.45, 7) is 3.08. The number of hydrogen-bond donors (Lipinski definition) is 0. The van der Waals surface area contributed by atoms with Gasteiger partial charge in [0.15, 0.2) is 0 Å². The van der Waals surface area contributed by atoms with Crippen molar-refractivity contribution >= 4 is 11.8 Å². The van der Waals surface area contributed by atoms with Crippen LogP contribution < -0.4 is 0 Å². The van der Waals surface area contributed by atoms with Gasteiger partial charge in [-0.05, 0) is 78.2 Å². The molecule has 1 aliphatic heterocycles. The van der Waals surface area contributed by atoms with Crippen LogP contribution in [0.4, 0.5) is 8.78 Å². The Morgan fingerprint density at radius 3 is 1.97 bits per heavy atom. The monoisotopic (exact) mass is 435 g/mol. The molecule has 0 N–H and O–H groups in total. The first-order valence-corrected chi connectivity index (χ1v) is 11.6. The molecule has 0 aromatic heterocycles. The molecule has 0 unspecified atom stereocenters. The fraction of sp³-hybridized carbons (Fsp3) is 0.259. The molecular formula is C27H27F2NS. The minimum Gasteiger partial charge on any atom is -0.299 e. The molecule has 0 amide bonds. The second-order valence-corrected chi connectivity index (χ2v) is 9.13. The summed E-state index contributed by atoms with van der Waals surface area (Å²) in [6.07, 6.45) is 5.41. The van der Waals surface area contributed by atoms with Crippen LogP contribution in [0, 0.1) is 11.6 Å². The molecule has 160 valence electrons. The first-order chi connectivity index (χ1) is 15.2. The third-order valence-electron chi connectivity index (χ3n) is 5.76. The summed E-state index contributed by atoms with van der Waals surface area (Å²) in [7, 11) is 0. The molecule has 0 saturated heterocycles. The van der Waals surface area contributed by atoms with Gasteiger partial charge in [0, 0.05) is 23.9 Å². The zero-order valence-corrected chi connectivity index (χ0v) is 18.3. The van der Waals surface area contributed by atoms with E-state index in [0.29, 0.717) is 0 Å². The van der Waals surface area contributed by atoms with Crippen LogP contribution in [0.1, 0.15) is 36.3 Å². The van der Waals surface area contributed by atoms with Crippen molar-refractivity contribution in [3.63, 3.8) is 0 Å². The highest BCUT2D eigenvalue weighted by atomic mass is 32.2. The standard InChI is InChI=1S/C27H27F2NS/c28-23-12-8-21(9-13-23)27(22-10-14-24(29)15-11-22)7-4-18-30-19-16-26(17-20-30)31-25-5-2-1-3-6-25/h1-3,5-6,8-16,27H,4,7,17-20H2. The third-order valence-corrected chi connectivity index (χ3v) is 6.90. The summed E-state index contributed by atoms with van der Waals surface area (Å²) in [5.41, 5.74) is 2.15. The van der Waals surface area contributed by atoms with Crippen molar-refractivity contribution in [1.29, 1.82) is 0 Å². The number of halogens is 2. The lowest BCUT2D eigenvalue weighted by molar-refractivity contribution is 0.289. The Morgan fingerprint density at radius 2 is 1.42 bits per heavy atom. The maximum absolute atomic E-state index is 13.4. The fourth-order valence-electron chi connectivity index (χ4n) is 4.06. The Morgan fingerprint density at radius 1 is 0.806 bits per heavy atom. The summed E-state index contributed by atoms with van der Waals surface area (Å²) in [5.74, 6) is -0.317. The summed E-state index contributed by atoms with van der Waals surface area (Å²) in [6, 6.07) is 23.9. The van der Waals surface area contributed by atoms with E-state index in [1.807, 2.05) is 42.1 Å². The van der Waals surface area contributed by atoms with Crippen LogP contribution >= 0.6 is 11.8 Å². The van der Waals surface area contributed by atoms with Crippen LogP contribution in [0.25, 0.3) is 0 Å². The van der Waals surface area contributed by atoms with Gasteiger partial charge in [0.1, 0.15) is 11.6 Å². The Bertz CT molecular complexity index is 939. The van der Waals surface area contributed by atoms with Gasteiger partial charge in [-0.1, -0.05) is 60.3 Å². The highest BCUT2D eigenvalue weighted by Gasteiger charge is 2.17. The Kier molecular flexibility index (Phi) is 7.55. The van der Waals surface area contributed by atoms with Gasteiger partial charge in [0.2, 0.25) is 0 Å². The first kappa shape index (κ1) is 21.8. The largest absolute Gasteiger partial charge is 0.299 e. The highest BCUT2D eigenvalue weighted by molar-refractivity contribution is 8.03. The molecule has 1 aliphatic rings. The number of hydrogen-bond acceptors (Lipinski definition) is 2. The predicted octanol–water partition coefficient (Wildman–Crippen LogP) is 7.26. The zero-order chi connectivity index (χ0) is 21.5. The molecule has 0 aliphatic carbocycles.